The quantitative estimate of drug-likeness (QED) is 0.333. The SMILES string of the molecule is CCOc1ccc(OCC)c(NC(N)=NCC(C)(C)CN(C)C)c1.I. The highest BCUT2D eigenvalue weighted by Gasteiger charge is 2.18. The second-order valence-electron chi connectivity index (χ2n) is 6.75. The van der Waals surface area contributed by atoms with Crippen LogP contribution in [0.3, 0.4) is 0 Å². The smallest absolute Gasteiger partial charge is 0.193 e. The van der Waals surface area contributed by atoms with Crippen molar-refractivity contribution in [3.05, 3.63) is 18.2 Å². The van der Waals surface area contributed by atoms with Gasteiger partial charge in [0.05, 0.1) is 18.9 Å². The number of benzene rings is 1. The molecule has 6 nitrogen and oxygen atoms in total. The van der Waals surface area contributed by atoms with Crippen LogP contribution in [0.2, 0.25) is 0 Å². The van der Waals surface area contributed by atoms with Crippen LogP contribution in [-0.4, -0.2) is 51.3 Å². The van der Waals surface area contributed by atoms with Crippen LogP contribution >= 0.6 is 24.0 Å². The predicted molar refractivity (Wildman–Crippen MR) is 117 cm³/mol. The molecule has 0 heterocycles. The normalized spacial score (nSPS) is 11.9. The van der Waals surface area contributed by atoms with E-state index in [-0.39, 0.29) is 29.4 Å². The third-order valence-electron chi connectivity index (χ3n) is 3.25. The van der Waals surface area contributed by atoms with Gasteiger partial charge in [0, 0.05) is 19.2 Å². The summed E-state index contributed by atoms with van der Waals surface area (Å²) in [5.74, 6) is 1.87. The van der Waals surface area contributed by atoms with Crippen LogP contribution in [0, 0.1) is 5.41 Å². The maximum absolute atomic E-state index is 6.06. The van der Waals surface area contributed by atoms with Gasteiger partial charge in [-0.15, -0.1) is 24.0 Å². The lowest BCUT2D eigenvalue weighted by Crippen LogP contribution is -2.33. The summed E-state index contributed by atoms with van der Waals surface area (Å²) in [7, 11) is 4.11. The van der Waals surface area contributed by atoms with Crippen molar-refractivity contribution in [2.45, 2.75) is 27.7 Å². The van der Waals surface area contributed by atoms with Crippen molar-refractivity contribution in [3.8, 4) is 11.5 Å². The molecule has 0 saturated heterocycles. The number of nitrogens with one attached hydrogen (secondary N) is 1. The van der Waals surface area contributed by atoms with Crippen LogP contribution < -0.4 is 20.5 Å². The molecule has 144 valence electrons. The van der Waals surface area contributed by atoms with E-state index in [4.69, 9.17) is 15.2 Å². The molecule has 1 aromatic rings. The van der Waals surface area contributed by atoms with Gasteiger partial charge in [-0.1, -0.05) is 13.8 Å². The lowest BCUT2D eigenvalue weighted by Gasteiger charge is -2.26. The average molecular weight is 464 g/mol. The van der Waals surface area contributed by atoms with Crippen molar-refractivity contribution in [1.82, 2.24) is 4.90 Å². The summed E-state index contributed by atoms with van der Waals surface area (Å²) in [5, 5.41) is 3.13. The fourth-order valence-electron chi connectivity index (χ4n) is 2.53. The van der Waals surface area contributed by atoms with Gasteiger partial charge in [-0.3, -0.25) is 4.99 Å². The van der Waals surface area contributed by atoms with Crippen molar-refractivity contribution in [2.75, 3.05) is 45.7 Å². The molecule has 0 aliphatic heterocycles. The third-order valence-corrected chi connectivity index (χ3v) is 3.25. The van der Waals surface area contributed by atoms with Gasteiger partial charge in [0.2, 0.25) is 0 Å². The maximum atomic E-state index is 6.06. The Bertz CT molecular complexity index is 548. The number of guanidine groups is 1. The zero-order valence-corrected chi connectivity index (χ0v) is 18.6. The van der Waals surface area contributed by atoms with Gasteiger partial charge in [-0.25, -0.2) is 0 Å². The number of nitrogens with two attached hydrogens (primary N) is 1. The number of anilines is 1. The van der Waals surface area contributed by atoms with Gasteiger partial charge < -0.3 is 25.4 Å². The molecule has 0 aliphatic rings. The first-order chi connectivity index (χ1) is 11.3. The Kier molecular flexibility index (Phi) is 10.8. The second kappa shape index (κ2) is 11.4. The van der Waals surface area contributed by atoms with Crippen LogP contribution in [0.5, 0.6) is 11.5 Å². The minimum atomic E-state index is 0. The van der Waals surface area contributed by atoms with Gasteiger partial charge in [-0.2, -0.15) is 0 Å². The molecule has 1 aromatic carbocycles. The first kappa shape index (κ1) is 23.8. The summed E-state index contributed by atoms with van der Waals surface area (Å²) < 4.78 is 11.2. The predicted octanol–water partition coefficient (Wildman–Crippen LogP) is 3.42. The van der Waals surface area contributed by atoms with Crippen LogP contribution in [0.25, 0.3) is 0 Å². The Hall–Kier alpha value is -1.22. The molecule has 0 bridgehead atoms. The number of aliphatic imine (C=N–C) groups is 1. The van der Waals surface area contributed by atoms with E-state index in [2.05, 4.69) is 43.2 Å². The summed E-state index contributed by atoms with van der Waals surface area (Å²) >= 11 is 0. The van der Waals surface area contributed by atoms with Gasteiger partial charge in [0.1, 0.15) is 11.5 Å². The highest BCUT2D eigenvalue weighted by Crippen LogP contribution is 2.29. The first-order valence-electron chi connectivity index (χ1n) is 8.38. The Morgan fingerprint density at radius 3 is 2.40 bits per heavy atom. The zero-order chi connectivity index (χ0) is 18.2. The molecule has 25 heavy (non-hydrogen) atoms. The van der Waals surface area contributed by atoms with E-state index in [0.717, 1.165) is 23.7 Å². The molecular formula is C18H33IN4O2. The van der Waals surface area contributed by atoms with E-state index in [1.165, 1.54) is 0 Å². The Labute approximate surface area is 169 Å². The van der Waals surface area contributed by atoms with Crippen LogP contribution in [0.1, 0.15) is 27.7 Å². The fourth-order valence-corrected chi connectivity index (χ4v) is 2.53. The van der Waals surface area contributed by atoms with E-state index in [0.29, 0.717) is 25.7 Å². The monoisotopic (exact) mass is 464 g/mol. The van der Waals surface area contributed by atoms with Crippen LogP contribution in [0.4, 0.5) is 5.69 Å². The lowest BCUT2D eigenvalue weighted by atomic mass is 9.93. The summed E-state index contributed by atoms with van der Waals surface area (Å²) in [6.45, 7) is 11.0. The van der Waals surface area contributed by atoms with E-state index >= 15 is 0 Å². The Morgan fingerprint density at radius 1 is 1.20 bits per heavy atom. The average Bonchev–Trinajstić information content (AvgIpc) is 2.47. The highest BCUT2D eigenvalue weighted by molar-refractivity contribution is 14.0. The molecule has 0 fully saturated rings. The number of halogens is 1. The topological polar surface area (TPSA) is 72.1 Å². The van der Waals surface area contributed by atoms with Crippen LogP contribution in [0.15, 0.2) is 23.2 Å². The molecule has 7 heteroatoms. The highest BCUT2D eigenvalue weighted by atomic mass is 127. The Balaban J connectivity index is 0.00000576. The number of nitrogens with zero attached hydrogens (tertiary/aromatic N) is 2. The molecule has 0 amide bonds. The van der Waals surface area contributed by atoms with Crippen molar-refractivity contribution >= 4 is 35.6 Å². The van der Waals surface area contributed by atoms with Crippen molar-refractivity contribution in [2.24, 2.45) is 16.1 Å². The molecule has 0 unspecified atom stereocenters. The van der Waals surface area contributed by atoms with E-state index in [1.807, 2.05) is 32.0 Å². The lowest BCUT2D eigenvalue weighted by molar-refractivity contribution is 0.249. The zero-order valence-electron chi connectivity index (χ0n) is 16.3. The van der Waals surface area contributed by atoms with Gasteiger partial charge in [-0.05, 0) is 45.5 Å². The van der Waals surface area contributed by atoms with Gasteiger partial charge in [0.15, 0.2) is 5.96 Å². The second-order valence-corrected chi connectivity index (χ2v) is 6.75. The summed E-state index contributed by atoms with van der Waals surface area (Å²) in [6, 6.07) is 5.63. The molecule has 1 rings (SSSR count). The maximum Gasteiger partial charge on any atom is 0.193 e. The Morgan fingerprint density at radius 2 is 1.84 bits per heavy atom. The fraction of sp³-hybridized carbons (Fsp3) is 0.611. The summed E-state index contributed by atoms with van der Waals surface area (Å²) in [4.78, 5) is 6.63. The van der Waals surface area contributed by atoms with Gasteiger partial charge >= 0.3 is 0 Å². The van der Waals surface area contributed by atoms with Crippen LogP contribution in [-0.2, 0) is 0 Å². The number of hydrogen-bond donors (Lipinski definition) is 2. The molecule has 0 atom stereocenters. The minimum absolute atomic E-state index is 0. The standard InChI is InChI=1S/C18H32N4O2.HI/c1-7-23-14-9-10-16(24-8-2)15(11-14)21-17(19)20-12-18(3,4)13-22(5)6;/h9-11H,7-8,12-13H2,1-6H3,(H3,19,20,21);1H. The molecule has 0 aliphatic carbocycles. The number of hydrogen-bond acceptors (Lipinski definition) is 4. The summed E-state index contributed by atoms with van der Waals surface area (Å²) in [6.07, 6.45) is 0. The molecular weight excluding hydrogens is 431 g/mol. The third kappa shape index (κ3) is 9.15. The number of ether oxygens (including phenoxy) is 2. The first-order valence-corrected chi connectivity index (χ1v) is 8.38. The molecule has 0 spiro atoms. The van der Waals surface area contributed by atoms with Crippen molar-refractivity contribution in [3.63, 3.8) is 0 Å². The largest absolute Gasteiger partial charge is 0.494 e. The molecule has 3 N–H and O–H groups in total. The summed E-state index contributed by atoms with van der Waals surface area (Å²) in [5.41, 5.74) is 6.87. The van der Waals surface area contributed by atoms with E-state index in [1.54, 1.807) is 0 Å². The van der Waals surface area contributed by atoms with E-state index in [9.17, 15) is 0 Å². The van der Waals surface area contributed by atoms with E-state index < -0.39 is 0 Å². The molecule has 0 radical (unpaired) electrons. The number of rotatable bonds is 9. The molecule has 0 saturated carbocycles. The van der Waals surface area contributed by atoms with Crippen molar-refractivity contribution < 1.29 is 9.47 Å². The minimum Gasteiger partial charge on any atom is -0.494 e. The molecule has 0 aromatic heterocycles. The van der Waals surface area contributed by atoms with Crippen molar-refractivity contribution in [1.29, 1.82) is 0 Å². The van der Waals surface area contributed by atoms with Gasteiger partial charge in [0.25, 0.3) is 0 Å².